The first-order chi connectivity index (χ1) is 20.8. The number of hydrogen-bond donors (Lipinski definition) is 4. The maximum atomic E-state index is 12.7. The number of rotatable bonds is 8. The second-order valence-corrected chi connectivity index (χ2v) is 13.3. The Morgan fingerprint density at radius 2 is 1.93 bits per heavy atom. The molecule has 5 rings (SSSR count). The number of benzene rings is 1. The molecule has 0 heterocycles. The number of methoxy groups -OCH3 is 1. The Kier molecular flexibility index (Phi) is 8.73. The van der Waals surface area contributed by atoms with Gasteiger partial charge in [-0.25, -0.2) is 4.79 Å². The van der Waals surface area contributed by atoms with Crippen LogP contribution in [-0.2, 0) is 25.6 Å². The summed E-state index contributed by atoms with van der Waals surface area (Å²) in [6, 6.07) is 2.67. The van der Waals surface area contributed by atoms with Crippen LogP contribution in [0.1, 0.15) is 70.8 Å². The lowest BCUT2D eigenvalue weighted by atomic mass is 9.46. The summed E-state index contributed by atoms with van der Waals surface area (Å²) < 4.78 is 4.81. The second-order valence-electron chi connectivity index (χ2n) is 13.3. The predicted molar refractivity (Wildman–Crippen MR) is 158 cm³/mol. The molecule has 0 radical (unpaired) electrons. The summed E-state index contributed by atoms with van der Waals surface area (Å²) in [4.78, 5) is 30.4. The second kappa shape index (κ2) is 12.1. The normalized spacial score (nSPS) is 34.0. The third-order valence-electron chi connectivity index (χ3n) is 11.2. The molecule has 4 N–H and O–H groups in total. The van der Waals surface area contributed by atoms with Gasteiger partial charge in [0.25, 0.3) is 5.91 Å². The van der Waals surface area contributed by atoms with Gasteiger partial charge in [-0.2, -0.15) is 0 Å². The zero-order chi connectivity index (χ0) is 31.9. The van der Waals surface area contributed by atoms with Crippen LogP contribution in [-0.4, -0.2) is 58.5 Å². The van der Waals surface area contributed by atoms with Crippen LogP contribution in [0.5, 0.6) is 5.75 Å². The highest BCUT2D eigenvalue weighted by Crippen LogP contribution is 2.67. The van der Waals surface area contributed by atoms with Crippen LogP contribution in [0.15, 0.2) is 35.0 Å². The van der Waals surface area contributed by atoms with Crippen LogP contribution < -0.4 is 15.6 Å². The predicted octanol–water partition coefficient (Wildman–Crippen LogP) is 3.25. The Balaban J connectivity index is 1.20. The molecule has 4 aliphatic carbocycles. The van der Waals surface area contributed by atoms with E-state index < -0.39 is 35.9 Å². The van der Waals surface area contributed by atoms with Crippen LogP contribution in [0.2, 0.25) is 0 Å². The first kappa shape index (κ1) is 31.8. The Morgan fingerprint density at radius 1 is 1.18 bits per heavy atom. The maximum absolute atomic E-state index is 12.7. The number of terminal acetylenes is 1. The van der Waals surface area contributed by atoms with Crippen molar-refractivity contribution in [1.82, 2.24) is 5.32 Å². The van der Waals surface area contributed by atoms with E-state index in [-0.39, 0.29) is 28.2 Å². The lowest BCUT2D eigenvalue weighted by Gasteiger charge is -2.58. The quantitative estimate of drug-likeness (QED) is 0.197. The van der Waals surface area contributed by atoms with Gasteiger partial charge in [0.15, 0.2) is 6.61 Å². The third-order valence-corrected chi connectivity index (χ3v) is 11.2. The molecule has 11 heteroatoms. The summed E-state index contributed by atoms with van der Waals surface area (Å²) in [7, 11) is 1.19. The smallest absolute Gasteiger partial charge is 0.328 e. The molecule has 0 unspecified atom stereocenters. The zero-order valence-corrected chi connectivity index (χ0v) is 25.5. The summed E-state index contributed by atoms with van der Waals surface area (Å²) in [5.74, 6) is 2.33. The van der Waals surface area contributed by atoms with E-state index in [1.807, 2.05) is 0 Å². The monoisotopic (exact) mass is 608 g/mol. The van der Waals surface area contributed by atoms with E-state index in [4.69, 9.17) is 16.0 Å². The maximum Gasteiger partial charge on any atom is 0.328 e. The number of fused-ring (bicyclic) bond motifs is 5. The topological polar surface area (TPSA) is 164 Å². The highest BCUT2D eigenvalue weighted by Gasteiger charge is 2.63. The summed E-state index contributed by atoms with van der Waals surface area (Å²) in [6.07, 6.45) is 15.2. The highest BCUT2D eigenvalue weighted by molar-refractivity contribution is 5.96. The lowest BCUT2D eigenvalue weighted by Crippen LogP contribution is -2.54. The minimum atomic E-state index is -1.10. The average molecular weight is 609 g/mol. The van der Waals surface area contributed by atoms with Crippen molar-refractivity contribution in [3.63, 3.8) is 0 Å². The fraction of sp³-hybridized carbons (Fsp3) is 0.606. The Hall–Kier alpha value is -3.59. The van der Waals surface area contributed by atoms with Gasteiger partial charge >= 0.3 is 5.97 Å². The average Bonchev–Trinajstić information content (AvgIpc) is 3.27. The van der Waals surface area contributed by atoms with E-state index in [1.165, 1.54) is 24.8 Å². The van der Waals surface area contributed by atoms with Gasteiger partial charge in [0.2, 0.25) is 0 Å². The number of nitrogens with one attached hydrogen (secondary N) is 1. The summed E-state index contributed by atoms with van der Waals surface area (Å²) in [5.41, 5.74) is 0.967. The Labute approximate surface area is 257 Å². The van der Waals surface area contributed by atoms with Crippen molar-refractivity contribution in [3.05, 3.63) is 35.4 Å². The number of anilines is 1. The van der Waals surface area contributed by atoms with E-state index in [0.29, 0.717) is 29.7 Å². The molecule has 4 aliphatic rings. The molecule has 1 aromatic carbocycles. The van der Waals surface area contributed by atoms with Crippen molar-refractivity contribution in [1.29, 1.82) is 0 Å². The zero-order valence-electron chi connectivity index (χ0n) is 25.5. The number of hydrogen-bond acceptors (Lipinski definition) is 10. The summed E-state index contributed by atoms with van der Waals surface area (Å²) in [5, 5.41) is 48.0. The molecule has 3 saturated carbocycles. The molecule has 11 nitrogen and oxygen atoms in total. The van der Waals surface area contributed by atoms with Gasteiger partial charge in [-0.3, -0.25) is 15.2 Å². The van der Waals surface area contributed by atoms with E-state index in [1.54, 1.807) is 0 Å². The van der Waals surface area contributed by atoms with Crippen LogP contribution in [0, 0.1) is 40.9 Å². The van der Waals surface area contributed by atoms with Crippen molar-refractivity contribution < 1.29 is 39.8 Å². The molecule has 0 bridgehead atoms. The standard InChI is InChI=1S/C33H43N3O8/c1-5-33(40)15-12-25-23-8-7-21-18-22(10-13-31(21,2)24(23)11-14-32(25,33)3)35-44-19-29(38)34-26(30(39)43-4)16-20-6-9-28(37)27(17-20)36(41)42/h1,6,9,17-18,23-26,37,40-42H,7-8,10-16,19H2,2-4H3,(H,34,38)/p-1/t23-,24+,25-,26+,31+,32-,33-/m1/s1. The Morgan fingerprint density at radius 3 is 2.64 bits per heavy atom. The molecule has 0 saturated heterocycles. The number of esters is 1. The summed E-state index contributed by atoms with van der Waals surface area (Å²) in [6.45, 7) is 4.15. The lowest BCUT2D eigenvalue weighted by molar-refractivity contribution is -0.268. The van der Waals surface area contributed by atoms with Gasteiger partial charge in [-0.1, -0.05) is 48.4 Å². The molecule has 0 aromatic heterocycles. The van der Waals surface area contributed by atoms with E-state index in [0.717, 1.165) is 56.7 Å². The number of amides is 1. The van der Waals surface area contributed by atoms with Crippen molar-refractivity contribution >= 4 is 23.3 Å². The minimum Gasteiger partial charge on any atom is -0.871 e. The first-order valence-corrected chi connectivity index (χ1v) is 15.3. The molecule has 238 valence electrons. The van der Waals surface area contributed by atoms with Crippen LogP contribution in [0.25, 0.3) is 0 Å². The molecule has 1 amide bonds. The molecule has 0 aliphatic heterocycles. The minimum absolute atomic E-state index is 0.0527. The molecular weight excluding hydrogens is 566 g/mol. The molecule has 0 spiro atoms. The van der Waals surface area contributed by atoms with Gasteiger partial charge in [0.05, 0.1) is 18.5 Å². The molecule has 1 aromatic rings. The SMILES string of the molecule is C#C[C@@]1(O)CC[C@@H]2[C@@H]3CCC4=CC(=NOCC(=O)N[C@@H](Cc5ccc([O-])c(N(O)O)c5)C(=O)OC)CC[C@]4(C)[C@H]3CC[C@]21C. The van der Waals surface area contributed by atoms with Crippen molar-refractivity contribution in [3.8, 4) is 18.1 Å². The largest absolute Gasteiger partial charge is 0.871 e. The van der Waals surface area contributed by atoms with E-state index in [9.17, 15) is 30.2 Å². The van der Waals surface area contributed by atoms with Gasteiger partial charge in [0, 0.05) is 11.8 Å². The fourth-order valence-corrected chi connectivity index (χ4v) is 8.72. The van der Waals surface area contributed by atoms with E-state index >= 15 is 0 Å². The van der Waals surface area contributed by atoms with Gasteiger partial charge in [-0.05, 0) is 92.2 Å². The van der Waals surface area contributed by atoms with Crippen LogP contribution in [0.3, 0.4) is 0 Å². The van der Waals surface area contributed by atoms with Gasteiger partial charge in [0.1, 0.15) is 11.6 Å². The van der Waals surface area contributed by atoms with E-state index in [2.05, 4.69) is 36.3 Å². The van der Waals surface area contributed by atoms with Crippen molar-refractivity contribution in [2.75, 3.05) is 18.9 Å². The number of aliphatic hydroxyl groups is 1. The Bertz CT molecular complexity index is 1400. The fourth-order valence-electron chi connectivity index (χ4n) is 8.72. The summed E-state index contributed by atoms with van der Waals surface area (Å²) >= 11 is 0. The molecule has 3 fully saturated rings. The first-order valence-electron chi connectivity index (χ1n) is 15.3. The van der Waals surface area contributed by atoms with Crippen LogP contribution >= 0.6 is 0 Å². The van der Waals surface area contributed by atoms with Crippen LogP contribution in [0.4, 0.5) is 5.69 Å². The van der Waals surface area contributed by atoms with Gasteiger partial charge in [-0.15, -0.1) is 11.6 Å². The molecule has 7 atom stereocenters. The third kappa shape index (κ3) is 5.55. The molecule has 44 heavy (non-hydrogen) atoms. The highest BCUT2D eigenvalue weighted by atomic mass is 16.8. The molecular formula is C33H42N3O8-. The number of nitrogens with zero attached hydrogens (tertiary/aromatic N) is 2. The number of allylic oxidation sites excluding steroid dienone is 2. The van der Waals surface area contributed by atoms with Crippen molar-refractivity contribution in [2.45, 2.75) is 83.3 Å². The number of oxime groups is 1. The number of carbonyl (C=O) groups is 2. The van der Waals surface area contributed by atoms with Gasteiger partial charge < -0.3 is 25.1 Å². The number of ether oxygens (including phenoxy) is 1. The van der Waals surface area contributed by atoms with Crippen molar-refractivity contribution in [2.24, 2.45) is 33.7 Å². The number of carbonyl (C=O) groups excluding carboxylic acids is 2.